The van der Waals surface area contributed by atoms with E-state index in [-0.39, 0.29) is 11.6 Å². The van der Waals surface area contributed by atoms with Gasteiger partial charge >= 0.3 is 0 Å². The zero-order valence-corrected chi connectivity index (χ0v) is 12.6. The molecule has 20 heavy (non-hydrogen) atoms. The quantitative estimate of drug-likeness (QED) is 0.869. The third-order valence-electron chi connectivity index (χ3n) is 4.25. The minimum absolute atomic E-state index is 0.148. The van der Waals surface area contributed by atoms with E-state index in [1.807, 2.05) is 25.4 Å². The van der Waals surface area contributed by atoms with Crippen molar-refractivity contribution in [2.45, 2.75) is 45.3 Å². The molecule has 2 N–H and O–H groups in total. The van der Waals surface area contributed by atoms with E-state index in [0.717, 1.165) is 23.8 Å². The van der Waals surface area contributed by atoms with Crippen LogP contribution in [0.1, 0.15) is 45.2 Å². The highest BCUT2D eigenvalue weighted by molar-refractivity contribution is 5.85. The van der Waals surface area contributed by atoms with Crippen molar-refractivity contribution < 1.29 is 4.74 Å². The van der Waals surface area contributed by atoms with Gasteiger partial charge in [-0.1, -0.05) is 32.0 Å². The fourth-order valence-electron chi connectivity index (χ4n) is 2.96. The second-order valence-corrected chi connectivity index (χ2v) is 5.13. The Hall–Kier alpha value is -1.45. The Morgan fingerprint density at radius 3 is 2.60 bits per heavy atom. The van der Waals surface area contributed by atoms with Gasteiger partial charge in [0.25, 0.3) is 0 Å². The van der Waals surface area contributed by atoms with Crippen LogP contribution in [0.5, 0.6) is 0 Å². The van der Waals surface area contributed by atoms with Crippen LogP contribution in [0.25, 0.3) is 10.8 Å². The molecule has 0 aliphatic heterocycles. The molecular weight excluding hydrogens is 248 g/mol. The van der Waals surface area contributed by atoms with Crippen LogP contribution < -0.4 is 5.73 Å². The van der Waals surface area contributed by atoms with E-state index in [0.29, 0.717) is 6.61 Å². The molecule has 0 bridgehead atoms. The number of benzene rings is 1. The van der Waals surface area contributed by atoms with Crippen molar-refractivity contribution in [2.75, 3.05) is 6.61 Å². The highest BCUT2D eigenvalue weighted by Gasteiger charge is 2.35. The van der Waals surface area contributed by atoms with Gasteiger partial charge in [-0.25, -0.2) is 0 Å². The van der Waals surface area contributed by atoms with Crippen LogP contribution in [0, 0.1) is 0 Å². The second-order valence-electron chi connectivity index (χ2n) is 5.13. The van der Waals surface area contributed by atoms with E-state index in [1.54, 1.807) is 0 Å². The van der Waals surface area contributed by atoms with Gasteiger partial charge in [0, 0.05) is 24.4 Å². The summed E-state index contributed by atoms with van der Waals surface area (Å²) in [5.74, 6) is 0. The van der Waals surface area contributed by atoms with Crippen molar-refractivity contribution in [2.24, 2.45) is 5.73 Å². The van der Waals surface area contributed by atoms with Crippen molar-refractivity contribution in [1.82, 2.24) is 4.98 Å². The fraction of sp³-hybridized carbons (Fsp3) is 0.471. The number of pyridine rings is 1. The van der Waals surface area contributed by atoms with Crippen LogP contribution in [-0.2, 0) is 4.74 Å². The molecule has 0 fully saturated rings. The summed E-state index contributed by atoms with van der Waals surface area (Å²) < 4.78 is 6.05. The molecule has 1 atom stereocenters. The van der Waals surface area contributed by atoms with Crippen LogP contribution in [0.2, 0.25) is 0 Å². The number of hydrogen-bond acceptors (Lipinski definition) is 3. The third-order valence-corrected chi connectivity index (χ3v) is 4.25. The lowest BCUT2D eigenvalue weighted by molar-refractivity contribution is -0.0642. The van der Waals surface area contributed by atoms with E-state index >= 15 is 0 Å². The SMILES string of the molecule is CCOC(CC)(CC)C(N)c1cccc2ccncc12. The number of fused-ring (bicyclic) bond motifs is 1. The summed E-state index contributed by atoms with van der Waals surface area (Å²) >= 11 is 0. The molecule has 0 saturated carbocycles. The zero-order chi connectivity index (χ0) is 14.6. The number of hydrogen-bond donors (Lipinski definition) is 1. The lowest BCUT2D eigenvalue weighted by atomic mass is 9.83. The molecule has 1 aromatic heterocycles. The van der Waals surface area contributed by atoms with Crippen molar-refractivity contribution in [3.8, 4) is 0 Å². The van der Waals surface area contributed by atoms with Gasteiger partial charge in [-0.05, 0) is 36.8 Å². The first-order valence-corrected chi connectivity index (χ1v) is 7.40. The summed E-state index contributed by atoms with van der Waals surface area (Å²) in [6.07, 6.45) is 5.50. The summed E-state index contributed by atoms with van der Waals surface area (Å²) in [7, 11) is 0. The van der Waals surface area contributed by atoms with Gasteiger partial charge in [0.15, 0.2) is 0 Å². The second kappa shape index (κ2) is 6.33. The molecule has 0 spiro atoms. The van der Waals surface area contributed by atoms with Crippen LogP contribution in [0.15, 0.2) is 36.7 Å². The van der Waals surface area contributed by atoms with Crippen LogP contribution >= 0.6 is 0 Å². The summed E-state index contributed by atoms with van der Waals surface area (Å²) in [6.45, 7) is 6.99. The molecular formula is C17H24N2O. The van der Waals surface area contributed by atoms with E-state index in [2.05, 4.69) is 37.0 Å². The highest BCUT2D eigenvalue weighted by Crippen LogP contribution is 2.36. The minimum atomic E-state index is -0.307. The van der Waals surface area contributed by atoms with Gasteiger partial charge < -0.3 is 10.5 Å². The predicted molar refractivity (Wildman–Crippen MR) is 83.6 cm³/mol. The molecule has 2 aromatic rings. The van der Waals surface area contributed by atoms with Gasteiger partial charge in [0.1, 0.15) is 0 Å². The van der Waals surface area contributed by atoms with Crippen molar-refractivity contribution in [1.29, 1.82) is 0 Å². The largest absolute Gasteiger partial charge is 0.373 e. The standard InChI is InChI=1S/C17H24N2O/c1-4-17(5-2,20-6-3)16(18)14-9-7-8-13-10-11-19-12-15(13)14/h7-12,16H,4-6,18H2,1-3H3. The Kier molecular flexibility index (Phi) is 4.73. The molecule has 2 rings (SSSR count). The number of aromatic nitrogens is 1. The first-order valence-electron chi connectivity index (χ1n) is 7.40. The van der Waals surface area contributed by atoms with Crippen LogP contribution in [-0.4, -0.2) is 17.2 Å². The molecule has 1 aromatic carbocycles. The Morgan fingerprint density at radius 2 is 1.95 bits per heavy atom. The fourth-order valence-corrected chi connectivity index (χ4v) is 2.96. The van der Waals surface area contributed by atoms with Gasteiger partial charge in [0.05, 0.1) is 11.6 Å². The van der Waals surface area contributed by atoms with Crippen molar-refractivity contribution in [3.05, 3.63) is 42.2 Å². The van der Waals surface area contributed by atoms with E-state index in [9.17, 15) is 0 Å². The molecule has 3 nitrogen and oxygen atoms in total. The summed E-state index contributed by atoms with van der Waals surface area (Å²) in [6, 6.07) is 8.11. The third kappa shape index (κ3) is 2.56. The number of nitrogens with zero attached hydrogens (tertiary/aromatic N) is 1. The number of ether oxygens (including phenoxy) is 1. The average Bonchev–Trinajstić information content (AvgIpc) is 2.51. The topological polar surface area (TPSA) is 48.1 Å². The van der Waals surface area contributed by atoms with E-state index < -0.39 is 0 Å². The van der Waals surface area contributed by atoms with Crippen LogP contribution in [0.3, 0.4) is 0 Å². The lowest BCUT2D eigenvalue weighted by Gasteiger charge is -2.38. The zero-order valence-electron chi connectivity index (χ0n) is 12.6. The average molecular weight is 272 g/mol. The minimum Gasteiger partial charge on any atom is -0.373 e. The summed E-state index contributed by atoms with van der Waals surface area (Å²) in [5, 5.41) is 2.29. The maximum Gasteiger partial charge on any atom is 0.0869 e. The van der Waals surface area contributed by atoms with E-state index in [4.69, 9.17) is 10.5 Å². The lowest BCUT2D eigenvalue weighted by Crippen LogP contribution is -2.43. The Morgan fingerprint density at radius 1 is 1.20 bits per heavy atom. The van der Waals surface area contributed by atoms with Gasteiger partial charge in [-0.2, -0.15) is 0 Å². The Bertz CT molecular complexity index is 558. The smallest absolute Gasteiger partial charge is 0.0869 e. The normalized spacial score (nSPS) is 13.6. The Labute approximate surface area is 121 Å². The highest BCUT2D eigenvalue weighted by atomic mass is 16.5. The molecule has 0 amide bonds. The van der Waals surface area contributed by atoms with Gasteiger partial charge in [-0.3, -0.25) is 4.98 Å². The number of nitrogens with two attached hydrogens (primary N) is 1. The summed E-state index contributed by atoms with van der Waals surface area (Å²) in [4.78, 5) is 4.24. The maximum atomic E-state index is 6.59. The molecule has 1 heterocycles. The van der Waals surface area contributed by atoms with E-state index in [1.165, 1.54) is 5.39 Å². The monoisotopic (exact) mass is 272 g/mol. The molecule has 0 aliphatic rings. The molecule has 0 aliphatic carbocycles. The molecule has 3 heteroatoms. The van der Waals surface area contributed by atoms with Crippen molar-refractivity contribution in [3.63, 3.8) is 0 Å². The predicted octanol–water partition coefficient (Wildman–Crippen LogP) is 3.83. The molecule has 108 valence electrons. The first-order chi connectivity index (χ1) is 9.68. The van der Waals surface area contributed by atoms with Crippen LogP contribution in [0.4, 0.5) is 0 Å². The van der Waals surface area contributed by atoms with Crippen molar-refractivity contribution >= 4 is 10.8 Å². The Balaban J connectivity index is 2.51. The molecule has 0 saturated heterocycles. The maximum absolute atomic E-state index is 6.59. The van der Waals surface area contributed by atoms with Gasteiger partial charge in [0.2, 0.25) is 0 Å². The summed E-state index contributed by atoms with van der Waals surface area (Å²) in [5.41, 5.74) is 7.41. The van der Waals surface area contributed by atoms with Gasteiger partial charge in [-0.15, -0.1) is 0 Å². The first kappa shape index (κ1) is 14.9. The molecule has 1 unspecified atom stereocenters. The number of rotatable bonds is 6. The molecule has 0 radical (unpaired) electrons.